The van der Waals surface area contributed by atoms with E-state index in [1.54, 1.807) is 30.1 Å². The van der Waals surface area contributed by atoms with Gasteiger partial charge in [0.2, 0.25) is 0 Å². The maximum atomic E-state index is 12.4. The number of hydrogen-bond donors (Lipinski definition) is 2. The third-order valence-electron chi connectivity index (χ3n) is 4.37. The van der Waals surface area contributed by atoms with Gasteiger partial charge in [0.15, 0.2) is 0 Å². The summed E-state index contributed by atoms with van der Waals surface area (Å²) in [6.07, 6.45) is 5.71. The van der Waals surface area contributed by atoms with Gasteiger partial charge in [0.05, 0.1) is 21.3 Å². The van der Waals surface area contributed by atoms with Gasteiger partial charge in [0.25, 0.3) is 5.91 Å². The third kappa shape index (κ3) is 4.42. The first-order valence-electron chi connectivity index (χ1n) is 8.61. The Balaban J connectivity index is 1.93. The number of halogens is 2. The predicted octanol–water partition coefficient (Wildman–Crippen LogP) is 3.93. The molecule has 1 fully saturated rings. The zero-order chi connectivity index (χ0) is 19.6. The maximum Gasteiger partial charge on any atom is 0.253 e. The summed E-state index contributed by atoms with van der Waals surface area (Å²) in [4.78, 5) is 16.6. The van der Waals surface area contributed by atoms with Crippen LogP contribution in [-0.4, -0.2) is 41.5 Å². The van der Waals surface area contributed by atoms with E-state index >= 15 is 0 Å². The van der Waals surface area contributed by atoms with Crippen molar-refractivity contribution in [1.29, 1.82) is 0 Å². The smallest absolute Gasteiger partial charge is 0.253 e. The van der Waals surface area contributed by atoms with Gasteiger partial charge >= 0.3 is 0 Å². The lowest BCUT2D eigenvalue weighted by Crippen LogP contribution is -2.25. The molecule has 0 aliphatic heterocycles. The number of nitrogens with one attached hydrogen (secondary N) is 2. The van der Waals surface area contributed by atoms with Crippen LogP contribution in [0.25, 0.3) is 16.9 Å². The second-order valence-corrected chi connectivity index (χ2v) is 7.54. The molecule has 1 amide bonds. The number of hydrogen-bond acceptors (Lipinski definition) is 4. The molecule has 1 aliphatic rings. The third-order valence-corrected chi connectivity index (χ3v) is 5.65. The van der Waals surface area contributed by atoms with Crippen LogP contribution in [0.2, 0.25) is 5.02 Å². The molecule has 2 N–H and O–H groups in total. The number of carbonyl (C=O) groups is 1. The highest BCUT2D eigenvalue weighted by molar-refractivity contribution is 9.12. The van der Waals surface area contributed by atoms with Gasteiger partial charge in [0, 0.05) is 37.6 Å². The lowest BCUT2D eigenvalue weighted by atomic mass is 10.1. The Labute approximate surface area is 171 Å². The Kier molecular flexibility index (Phi) is 6.01. The Morgan fingerprint density at radius 3 is 2.74 bits per heavy atom. The largest absolute Gasteiger partial charge is 0.372 e. The van der Waals surface area contributed by atoms with E-state index in [0.29, 0.717) is 10.6 Å². The molecule has 0 unspecified atom stereocenters. The zero-order valence-electron chi connectivity index (χ0n) is 15.4. The zero-order valence-corrected chi connectivity index (χ0v) is 17.7. The molecule has 3 rings (SSSR count). The maximum absolute atomic E-state index is 12.4. The quantitative estimate of drug-likeness (QED) is 0.655. The van der Waals surface area contributed by atoms with Crippen molar-refractivity contribution in [2.45, 2.75) is 25.8 Å². The molecule has 6 nitrogen and oxygen atoms in total. The number of nitrogens with zero attached hydrogens (tertiary/aromatic N) is 3. The minimum absolute atomic E-state index is 0.134. The molecule has 0 spiro atoms. The Morgan fingerprint density at radius 1 is 1.37 bits per heavy atom. The Morgan fingerprint density at radius 2 is 2.11 bits per heavy atom. The van der Waals surface area contributed by atoms with Gasteiger partial charge in [-0.15, -0.1) is 0 Å². The molecule has 1 saturated carbocycles. The van der Waals surface area contributed by atoms with E-state index in [1.165, 1.54) is 0 Å². The molecule has 1 aromatic carbocycles. The first-order chi connectivity index (χ1) is 12.9. The van der Waals surface area contributed by atoms with Gasteiger partial charge in [-0.05, 0) is 53.4 Å². The first kappa shape index (κ1) is 19.6. The highest BCUT2D eigenvalue weighted by Gasteiger charge is 2.25. The van der Waals surface area contributed by atoms with Gasteiger partial charge in [0.1, 0.15) is 5.82 Å². The van der Waals surface area contributed by atoms with Crippen molar-refractivity contribution in [3.8, 4) is 11.1 Å². The van der Waals surface area contributed by atoms with Crippen LogP contribution < -0.4 is 10.6 Å². The molecule has 0 atom stereocenters. The minimum atomic E-state index is -0.134. The van der Waals surface area contributed by atoms with Crippen molar-refractivity contribution >= 4 is 45.0 Å². The predicted molar refractivity (Wildman–Crippen MR) is 113 cm³/mol. The number of carbonyl (C=O) groups excluding carboxylic acids is 1. The van der Waals surface area contributed by atoms with Crippen molar-refractivity contribution in [3.63, 3.8) is 0 Å². The molecule has 1 aliphatic carbocycles. The van der Waals surface area contributed by atoms with Gasteiger partial charge in [-0.25, -0.2) is 4.68 Å². The molecule has 1 heterocycles. The SMILES string of the molecule is C/N=C(C)\C(Br)=C(/NC)n1cc(-c2ccc(Cl)c(C(=O)NC3CC3)c2)cn1. The second kappa shape index (κ2) is 8.27. The van der Waals surface area contributed by atoms with Gasteiger partial charge < -0.3 is 10.6 Å². The van der Waals surface area contributed by atoms with Crippen LogP contribution in [0.5, 0.6) is 0 Å². The van der Waals surface area contributed by atoms with Crippen molar-refractivity contribution in [2.24, 2.45) is 4.99 Å². The summed E-state index contributed by atoms with van der Waals surface area (Å²) in [6.45, 7) is 1.91. The van der Waals surface area contributed by atoms with Gasteiger partial charge in [-0.2, -0.15) is 5.10 Å². The average Bonchev–Trinajstić information content (AvgIpc) is 3.35. The number of benzene rings is 1. The van der Waals surface area contributed by atoms with Crippen molar-refractivity contribution in [1.82, 2.24) is 20.4 Å². The van der Waals surface area contributed by atoms with Crippen LogP contribution in [-0.2, 0) is 0 Å². The van der Waals surface area contributed by atoms with Crippen LogP contribution in [0.15, 0.2) is 40.1 Å². The first-order valence-corrected chi connectivity index (χ1v) is 9.78. The standard InChI is InChI=1S/C19H21BrClN5O/c1-11(22-2)17(20)18(23-3)26-10-13(9-24-26)12-4-7-16(21)15(8-12)19(27)25-14-5-6-14/h4,7-10,14,23H,5-6H2,1-3H3,(H,25,27)/b18-17-,22-11-. The molecular weight excluding hydrogens is 430 g/mol. The van der Waals surface area contributed by atoms with Crippen molar-refractivity contribution in [3.05, 3.63) is 45.7 Å². The fourth-order valence-corrected chi connectivity index (χ4v) is 3.32. The number of rotatable bonds is 6. The molecule has 27 heavy (non-hydrogen) atoms. The van der Waals surface area contributed by atoms with Crippen LogP contribution in [0.3, 0.4) is 0 Å². The highest BCUT2D eigenvalue weighted by atomic mass is 79.9. The van der Waals surface area contributed by atoms with E-state index in [-0.39, 0.29) is 11.9 Å². The van der Waals surface area contributed by atoms with Crippen LogP contribution >= 0.6 is 27.5 Å². The van der Waals surface area contributed by atoms with Crippen LogP contribution in [0.1, 0.15) is 30.1 Å². The number of amides is 1. The number of allylic oxidation sites excluding steroid dienone is 1. The van der Waals surface area contributed by atoms with Crippen molar-refractivity contribution < 1.29 is 4.79 Å². The number of aliphatic imine (C=N–C) groups is 1. The van der Waals surface area contributed by atoms with Crippen LogP contribution in [0.4, 0.5) is 0 Å². The van der Waals surface area contributed by atoms with E-state index in [0.717, 1.165) is 40.0 Å². The monoisotopic (exact) mass is 449 g/mol. The molecule has 0 radical (unpaired) electrons. The summed E-state index contributed by atoms with van der Waals surface area (Å²) in [5.41, 5.74) is 3.08. The summed E-state index contributed by atoms with van der Waals surface area (Å²) >= 11 is 9.79. The van der Waals surface area contributed by atoms with Gasteiger partial charge in [-0.3, -0.25) is 9.79 Å². The van der Waals surface area contributed by atoms with Crippen LogP contribution in [0, 0.1) is 0 Å². The normalized spacial score (nSPS) is 15.4. The minimum Gasteiger partial charge on any atom is -0.372 e. The average molecular weight is 451 g/mol. The van der Waals surface area contributed by atoms with E-state index < -0.39 is 0 Å². The summed E-state index contributed by atoms with van der Waals surface area (Å²) in [5, 5.41) is 11.0. The summed E-state index contributed by atoms with van der Waals surface area (Å²) in [6, 6.07) is 5.71. The topological polar surface area (TPSA) is 71.3 Å². The molecule has 0 bridgehead atoms. The van der Waals surface area contributed by atoms with Gasteiger partial charge in [-0.1, -0.05) is 17.7 Å². The summed E-state index contributed by atoms with van der Waals surface area (Å²) in [7, 11) is 3.56. The lowest BCUT2D eigenvalue weighted by Gasteiger charge is -2.10. The molecule has 142 valence electrons. The molecular formula is C19H21BrClN5O. The second-order valence-electron chi connectivity index (χ2n) is 6.34. The Bertz CT molecular complexity index is 930. The fourth-order valence-electron chi connectivity index (χ4n) is 2.56. The molecule has 8 heteroatoms. The van der Waals surface area contributed by atoms with E-state index in [1.807, 2.05) is 26.2 Å². The highest BCUT2D eigenvalue weighted by Crippen LogP contribution is 2.27. The van der Waals surface area contributed by atoms with Crippen molar-refractivity contribution in [2.75, 3.05) is 14.1 Å². The Hall–Kier alpha value is -2.12. The fraction of sp³-hybridized carbons (Fsp3) is 0.316. The van der Waals surface area contributed by atoms with E-state index in [2.05, 4.69) is 36.7 Å². The lowest BCUT2D eigenvalue weighted by molar-refractivity contribution is 0.0951. The molecule has 1 aromatic heterocycles. The summed E-state index contributed by atoms with van der Waals surface area (Å²) in [5.74, 6) is 0.634. The van der Waals surface area contributed by atoms with E-state index in [9.17, 15) is 4.79 Å². The molecule has 2 aromatic rings. The molecule has 0 saturated heterocycles. The summed E-state index contributed by atoms with van der Waals surface area (Å²) < 4.78 is 2.55. The van der Waals surface area contributed by atoms with E-state index in [4.69, 9.17) is 11.6 Å². The number of aromatic nitrogens is 2.